The van der Waals surface area contributed by atoms with Gasteiger partial charge in [0.05, 0.1) is 12.1 Å². The first kappa shape index (κ1) is 13.1. The molecule has 3 N–H and O–H groups in total. The zero-order valence-electron chi connectivity index (χ0n) is 11.4. The molecule has 6 nitrogen and oxygen atoms in total. The topological polar surface area (TPSA) is 86.0 Å². The molecule has 0 aliphatic carbocycles. The van der Waals surface area contributed by atoms with E-state index in [1.807, 2.05) is 42.5 Å². The van der Waals surface area contributed by atoms with Crippen LogP contribution in [0.5, 0.6) is 5.75 Å². The van der Waals surface area contributed by atoms with Gasteiger partial charge in [-0.3, -0.25) is 0 Å². The van der Waals surface area contributed by atoms with Crippen molar-refractivity contribution < 1.29 is 4.74 Å². The third kappa shape index (κ3) is 3.36. The molecule has 0 saturated carbocycles. The third-order valence-electron chi connectivity index (χ3n) is 2.87. The van der Waals surface area contributed by atoms with Crippen molar-refractivity contribution in [1.29, 1.82) is 0 Å². The smallest absolute Gasteiger partial charge is 0.243 e. The summed E-state index contributed by atoms with van der Waals surface area (Å²) >= 11 is 0. The van der Waals surface area contributed by atoms with Gasteiger partial charge in [-0.1, -0.05) is 18.2 Å². The van der Waals surface area contributed by atoms with Crippen molar-refractivity contribution in [2.24, 2.45) is 0 Å². The summed E-state index contributed by atoms with van der Waals surface area (Å²) in [5, 5.41) is 11.2. The molecular weight excluding hydrogens is 266 g/mol. The van der Waals surface area contributed by atoms with Crippen LogP contribution < -0.4 is 15.8 Å². The second kappa shape index (κ2) is 6.04. The second-order valence-electron chi connectivity index (χ2n) is 4.47. The van der Waals surface area contributed by atoms with Crippen molar-refractivity contribution in [2.75, 3.05) is 24.2 Å². The van der Waals surface area contributed by atoms with Crippen molar-refractivity contribution in [3.05, 3.63) is 48.5 Å². The summed E-state index contributed by atoms with van der Waals surface area (Å²) in [5.74, 6) is 1.24. The Morgan fingerprint density at radius 1 is 1.00 bits per heavy atom. The first-order chi connectivity index (χ1) is 10.3. The van der Waals surface area contributed by atoms with Gasteiger partial charge in [-0.25, -0.2) is 4.98 Å². The molecule has 106 valence electrons. The van der Waals surface area contributed by atoms with Gasteiger partial charge in [-0.15, -0.1) is 10.2 Å². The Bertz CT molecular complexity index is 747. The predicted molar refractivity (Wildman–Crippen MR) is 82.2 cm³/mol. The first-order valence-corrected chi connectivity index (χ1v) is 6.63. The number of nitrogens with two attached hydrogens (primary N) is 1. The molecular formula is C15H15N5O. The van der Waals surface area contributed by atoms with Crippen LogP contribution >= 0.6 is 0 Å². The Morgan fingerprint density at radius 3 is 2.71 bits per heavy atom. The van der Waals surface area contributed by atoms with Gasteiger partial charge < -0.3 is 15.8 Å². The number of hydrogen-bond donors (Lipinski definition) is 2. The van der Waals surface area contributed by atoms with E-state index in [9.17, 15) is 0 Å². The fraction of sp³-hybridized carbons (Fsp3) is 0.133. The monoisotopic (exact) mass is 281 g/mol. The first-order valence-electron chi connectivity index (χ1n) is 6.63. The Balaban J connectivity index is 1.54. The number of fused-ring (bicyclic) bond motifs is 1. The van der Waals surface area contributed by atoms with Crippen LogP contribution in [-0.2, 0) is 0 Å². The lowest BCUT2D eigenvalue weighted by Crippen LogP contribution is -2.13. The van der Waals surface area contributed by atoms with Gasteiger partial charge >= 0.3 is 0 Å². The van der Waals surface area contributed by atoms with Crippen LogP contribution in [-0.4, -0.2) is 28.3 Å². The van der Waals surface area contributed by atoms with Crippen molar-refractivity contribution in [1.82, 2.24) is 15.2 Å². The number of nitrogens with one attached hydrogen (secondary N) is 1. The minimum atomic E-state index is 0.486. The van der Waals surface area contributed by atoms with E-state index in [-0.39, 0.29) is 0 Å². The molecule has 2 aromatic carbocycles. The Labute approximate surface area is 122 Å². The van der Waals surface area contributed by atoms with Crippen LogP contribution in [0, 0.1) is 0 Å². The maximum Gasteiger partial charge on any atom is 0.243 e. The molecule has 0 radical (unpaired) electrons. The number of ether oxygens (including phenoxy) is 1. The van der Waals surface area contributed by atoms with Gasteiger partial charge in [0.2, 0.25) is 5.95 Å². The molecule has 6 heteroatoms. The van der Waals surface area contributed by atoms with E-state index < -0.39 is 0 Å². The molecule has 0 unspecified atom stereocenters. The molecule has 1 heterocycles. The highest BCUT2D eigenvalue weighted by Crippen LogP contribution is 2.14. The van der Waals surface area contributed by atoms with Gasteiger partial charge in [-0.2, -0.15) is 0 Å². The van der Waals surface area contributed by atoms with Gasteiger partial charge in [0.1, 0.15) is 17.9 Å². The number of hydrogen-bond acceptors (Lipinski definition) is 6. The van der Waals surface area contributed by atoms with E-state index in [1.54, 1.807) is 6.07 Å². The number of nitrogens with zero attached hydrogens (tertiary/aromatic N) is 3. The minimum Gasteiger partial charge on any atom is -0.492 e. The molecule has 3 aromatic rings. The van der Waals surface area contributed by atoms with E-state index >= 15 is 0 Å². The molecule has 1 aromatic heterocycles. The highest BCUT2D eigenvalue weighted by molar-refractivity contribution is 5.73. The standard InChI is InChI=1S/C15H15N5O/c16-11-4-3-5-12(10-11)21-9-8-17-15-18-13-6-1-2-7-14(13)19-20-15/h1-7,10H,8-9,16H2,(H,17,18,20). The number of anilines is 2. The third-order valence-corrected chi connectivity index (χ3v) is 2.87. The lowest BCUT2D eigenvalue weighted by molar-refractivity contribution is 0.333. The maximum atomic E-state index is 5.68. The zero-order valence-corrected chi connectivity index (χ0v) is 11.4. The molecule has 0 atom stereocenters. The van der Waals surface area contributed by atoms with Crippen molar-refractivity contribution in [3.63, 3.8) is 0 Å². The van der Waals surface area contributed by atoms with Crippen molar-refractivity contribution in [3.8, 4) is 5.75 Å². The highest BCUT2D eigenvalue weighted by Gasteiger charge is 2.00. The van der Waals surface area contributed by atoms with Crippen molar-refractivity contribution in [2.45, 2.75) is 0 Å². The summed E-state index contributed by atoms with van der Waals surface area (Å²) in [6.45, 7) is 1.06. The van der Waals surface area contributed by atoms with Gasteiger partial charge in [-0.05, 0) is 24.3 Å². The lowest BCUT2D eigenvalue weighted by Gasteiger charge is -2.08. The van der Waals surface area contributed by atoms with Crippen molar-refractivity contribution >= 4 is 22.7 Å². The van der Waals surface area contributed by atoms with E-state index in [0.717, 1.165) is 16.8 Å². The quantitative estimate of drug-likeness (QED) is 0.550. The summed E-state index contributed by atoms with van der Waals surface area (Å²) in [7, 11) is 0. The Morgan fingerprint density at radius 2 is 1.86 bits per heavy atom. The van der Waals surface area contributed by atoms with Crippen LogP contribution in [0.4, 0.5) is 11.6 Å². The number of nitrogen functional groups attached to an aromatic ring is 1. The normalized spacial score (nSPS) is 10.5. The minimum absolute atomic E-state index is 0.486. The van der Waals surface area contributed by atoms with Crippen LogP contribution in [0.3, 0.4) is 0 Å². The van der Waals surface area contributed by atoms with Gasteiger partial charge in [0, 0.05) is 11.8 Å². The zero-order chi connectivity index (χ0) is 14.5. The molecule has 3 rings (SSSR count). The number of benzene rings is 2. The fourth-order valence-electron chi connectivity index (χ4n) is 1.89. The molecule has 0 amide bonds. The van der Waals surface area contributed by atoms with Crippen LogP contribution in [0.1, 0.15) is 0 Å². The summed E-state index contributed by atoms with van der Waals surface area (Å²) in [4.78, 5) is 4.37. The Hall–Kier alpha value is -2.89. The SMILES string of the molecule is Nc1cccc(OCCNc2nnc3ccccc3n2)c1. The summed E-state index contributed by atoms with van der Waals surface area (Å²) in [6.07, 6.45) is 0. The average molecular weight is 281 g/mol. The summed E-state index contributed by atoms with van der Waals surface area (Å²) < 4.78 is 5.58. The summed E-state index contributed by atoms with van der Waals surface area (Å²) in [5.41, 5.74) is 7.95. The number of rotatable bonds is 5. The second-order valence-corrected chi connectivity index (χ2v) is 4.47. The average Bonchev–Trinajstić information content (AvgIpc) is 2.51. The van der Waals surface area contributed by atoms with E-state index in [1.165, 1.54) is 0 Å². The highest BCUT2D eigenvalue weighted by atomic mass is 16.5. The molecule has 0 fully saturated rings. The fourth-order valence-corrected chi connectivity index (χ4v) is 1.89. The predicted octanol–water partition coefficient (Wildman–Crippen LogP) is 2.10. The Kier molecular flexibility index (Phi) is 3.77. The molecule has 0 aliphatic heterocycles. The maximum absolute atomic E-state index is 5.68. The molecule has 0 bridgehead atoms. The van der Waals surface area contributed by atoms with Crippen LogP contribution in [0.25, 0.3) is 11.0 Å². The summed E-state index contributed by atoms with van der Waals surface area (Å²) in [6, 6.07) is 14.9. The number of para-hydroxylation sites is 1. The molecule has 0 saturated heterocycles. The molecule has 21 heavy (non-hydrogen) atoms. The van der Waals surface area contributed by atoms with Crippen LogP contribution in [0.2, 0.25) is 0 Å². The van der Waals surface area contributed by atoms with E-state index in [2.05, 4.69) is 20.5 Å². The van der Waals surface area contributed by atoms with E-state index in [4.69, 9.17) is 10.5 Å². The van der Waals surface area contributed by atoms with Gasteiger partial charge in [0.25, 0.3) is 0 Å². The van der Waals surface area contributed by atoms with E-state index in [0.29, 0.717) is 24.8 Å². The number of aromatic nitrogens is 3. The van der Waals surface area contributed by atoms with Crippen LogP contribution in [0.15, 0.2) is 48.5 Å². The largest absolute Gasteiger partial charge is 0.492 e. The molecule has 0 aliphatic rings. The molecule has 0 spiro atoms. The van der Waals surface area contributed by atoms with Gasteiger partial charge in [0.15, 0.2) is 0 Å². The lowest BCUT2D eigenvalue weighted by atomic mass is 10.3.